The quantitative estimate of drug-likeness (QED) is 0.683. The van der Waals surface area contributed by atoms with Gasteiger partial charge in [0, 0.05) is 11.3 Å². The molecule has 1 aromatic carbocycles. The van der Waals surface area contributed by atoms with Gasteiger partial charge in [-0.1, -0.05) is 0 Å². The number of hydrogen-bond donors (Lipinski definition) is 3. The maximum atomic E-state index is 12.1. The lowest BCUT2D eigenvalue weighted by molar-refractivity contribution is 0.247. The van der Waals surface area contributed by atoms with Crippen LogP contribution in [0, 0.1) is 13.8 Å². The van der Waals surface area contributed by atoms with Crippen LogP contribution in [0.15, 0.2) is 40.8 Å². The third-order valence-electron chi connectivity index (χ3n) is 3.53. The van der Waals surface area contributed by atoms with Crippen LogP contribution in [0.2, 0.25) is 0 Å². The first-order chi connectivity index (χ1) is 11.5. The van der Waals surface area contributed by atoms with Crippen LogP contribution >= 0.6 is 0 Å². The van der Waals surface area contributed by atoms with E-state index >= 15 is 0 Å². The first kappa shape index (κ1) is 15.8. The molecule has 0 unspecified atom stereocenters. The Hall–Kier alpha value is -3.09. The molecule has 3 aromatic rings. The summed E-state index contributed by atoms with van der Waals surface area (Å²) in [5.41, 5.74) is 1.57. The van der Waals surface area contributed by atoms with E-state index in [1.54, 1.807) is 0 Å². The predicted octanol–water partition coefficient (Wildman–Crippen LogP) is 3.56. The van der Waals surface area contributed by atoms with Gasteiger partial charge in [0.15, 0.2) is 5.82 Å². The molecule has 0 radical (unpaired) electrons. The van der Waals surface area contributed by atoms with Gasteiger partial charge in [-0.05, 0) is 57.2 Å². The summed E-state index contributed by atoms with van der Waals surface area (Å²) in [6, 6.07) is 10.6. The third kappa shape index (κ3) is 3.62. The summed E-state index contributed by atoms with van der Waals surface area (Å²) in [5.74, 6) is 2.92. The fourth-order valence-electron chi connectivity index (χ4n) is 2.30. The van der Waals surface area contributed by atoms with E-state index in [0.717, 1.165) is 22.9 Å². The summed E-state index contributed by atoms with van der Waals surface area (Å²) in [6.45, 7) is 5.58. The van der Waals surface area contributed by atoms with Gasteiger partial charge in [0.2, 0.25) is 0 Å². The number of amides is 2. The van der Waals surface area contributed by atoms with Crippen LogP contribution in [0.3, 0.4) is 0 Å². The molecule has 124 valence electrons. The first-order valence-electron chi connectivity index (χ1n) is 7.64. The molecule has 0 saturated heterocycles. The Morgan fingerprint density at radius 1 is 1.17 bits per heavy atom. The molecule has 0 aliphatic heterocycles. The van der Waals surface area contributed by atoms with Gasteiger partial charge in [-0.25, -0.2) is 9.78 Å². The molecule has 2 aromatic heterocycles. The number of furan rings is 1. The Balaban J connectivity index is 1.60. The van der Waals surface area contributed by atoms with Crippen molar-refractivity contribution in [2.24, 2.45) is 0 Å². The van der Waals surface area contributed by atoms with Gasteiger partial charge in [0.1, 0.15) is 17.3 Å². The van der Waals surface area contributed by atoms with Crippen LogP contribution in [-0.2, 0) is 0 Å². The SMILES string of the molecule is Cc1nc(-c2ccc(NC(=O)N[C@H](C)c3ccc(C)o3)cc2)n[nH]1. The molecular formula is C17H19N5O2. The van der Waals surface area contributed by atoms with E-state index in [1.807, 2.05) is 57.2 Å². The van der Waals surface area contributed by atoms with Crippen molar-refractivity contribution in [2.45, 2.75) is 26.8 Å². The van der Waals surface area contributed by atoms with Crippen molar-refractivity contribution in [3.8, 4) is 11.4 Å². The largest absolute Gasteiger partial charge is 0.464 e. The monoisotopic (exact) mass is 325 g/mol. The number of aromatic nitrogens is 3. The van der Waals surface area contributed by atoms with Crippen molar-refractivity contribution < 1.29 is 9.21 Å². The molecule has 7 nitrogen and oxygen atoms in total. The maximum Gasteiger partial charge on any atom is 0.319 e. The fourth-order valence-corrected chi connectivity index (χ4v) is 2.30. The standard InChI is InChI=1S/C17H19N5O2/c1-10-4-9-15(24-10)11(2)18-17(23)20-14-7-5-13(6-8-14)16-19-12(3)21-22-16/h4-9,11H,1-3H3,(H2,18,20,23)(H,19,21,22)/t11-/m1/s1. The Kier molecular flexibility index (Phi) is 4.33. The number of carbonyl (C=O) groups is 1. The summed E-state index contributed by atoms with van der Waals surface area (Å²) in [4.78, 5) is 16.3. The van der Waals surface area contributed by atoms with Crippen LogP contribution in [0.4, 0.5) is 10.5 Å². The molecule has 0 spiro atoms. The lowest BCUT2D eigenvalue weighted by Crippen LogP contribution is -2.30. The van der Waals surface area contributed by atoms with Crippen molar-refractivity contribution in [3.63, 3.8) is 0 Å². The lowest BCUT2D eigenvalue weighted by atomic mass is 10.2. The first-order valence-corrected chi connectivity index (χ1v) is 7.64. The number of benzene rings is 1. The molecule has 3 rings (SSSR count). The van der Waals surface area contributed by atoms with Crippen molar-refractivity contribution >= 4 is 11.7 Å². The molecule has 3 N–H and O–H groups in total. The second kappa shape index (κ2) is 6.57. The zero-order chi connectivity index (χ0) is 17.1. The van der Waals surface area contributed by atoms with Gasteiger partial charge in [0.05, 0.1) is 6.04 Å². The number of anilines is 1. The molecule has 0 aliphatic carbocycles. The molecule has 2 heterocycles. The second-order valence-corrected chi connectivity index (χ2v) is 5.59. The van der Waals surface area contributed by atoms with Gasteiger partial charge < -0.3 is 15.1 Å². The predicted molar refractivity (Wildman–Crippen MR) is 90.6 cm³/mol. The van der Waals surface area contributed by atoms with E-state index in [0.29, 0.717) is 11.5 Å². The van der Waals surface area contributed by atoms with Crippen LogP contribution in [-0.4, -0.2) is 21.2 Å². The lowest BCUT2D eigenvalue weighted by Gasteiger charge is -2.12. The second-order valence-electron chi connectivity index (χ2n) is 5.59. The van der Waals surface area contributed by atoms with E-state index in [2.05, 4.69) is 25.8 Å². The van der Waals surface area contributed by atoms with Crippen molar-refractivity contribution in [2.75, 3.05) is 5.32 Å². The summed E-state index contributed by atoms with van der Waals surface area (Å²) >= 11 is 0. The number of aryl methyl sites for hydroxylation is 2. The number of rotatable bonds is 4. The molecule has 0 saturated carbocycles. The van der Waals surface area contributed by atoms with Gasteiger partial charge in [0.25, 0.3) is 0 Å². The normalized spacial score (nSPS) is 12.0. The minimum absolute atomic E-state index is 0.214. The average molecular weight is 325 g/mol. The van der Waals surface area contributed by atoms with Gasteiger partial charge in [-0.15, -0.1) is 0 Å². The molecule has 1 atom stereocenters. The highest BCUT2D eigenvalue weighted by Gasteiger charge is 2.13. The number of aromatic amines is 1. The van der Waals surface area contributed by atoms with Crippen LogP contribution in [0.5, 0.6) is 0 Å². The highest BCUT2D eigenvalue weighted by molar-refractivity contribution is 5.89. The number of urea groups is 1. The zero-order valence-electron chi connectivity index (χ0n) is 13.8. The molecule has 0 aliphatic rings. The van der Waals surface area contributed by atoms with E-state index in [4.69, 9.17) is 4.42 Å². The van der Waals surface area contributed by atoms with Crippen molar-refractivity contribution in [3.05, 3.63) is 53.7 Å². The Bertz CT molecular complexity index is 835. The van der Waals surface area contributed by atoms with E-state index in [9.17, 15) is 4.79 Å². The van der Waals surface area contributed by atoms with E-state index < -0.39 is 0 Å². The summed E-state index contributed by atoms with van der Waals surface area (Å²) in [7, 11) is 0. The van der Waals surface area contributed by atoms with Crippen molar-refractivity contribution in [1.29, 1.82) is 0 Å². The molecule has 7 heteroatoms. The Morgan fingerprint density at radius 2 is 1.92 bits per heavy atom. The Labute approximate surface area is 139 Å². The minimum Gasteiger partial charge on any atom is -0.464 e. The summed E-state index contributed by atoms with van der Waals surface area (Å²) in [5, 5.41) is 12.5. The number of carbonyl (C=O) groups excluding carboxylic acids is 1. The van der Waals surface area contributed by atoms with Crippen LogP contribution in [0.1, 0.15) is 30.3 Å². The Morgan fingerprint density at radius 3 is 2.50 bits per heavy atom. The molecule has 24 heavy (non-hydrogen) atoms. The number of nitrogens with one attached hydrogen (secondary N) is 3. The number of nitrogens with zero attached hydrogens (tertiary/aromatic N) is 2. The van der Waals surface area contributed by atoms with Crippen LogP contribution < -0.4 is 10.6 Å². The van der Waals surface area contributed by atoms with E-state index in [-0.39, 0.29) is 12.1 Å². The highest BCUT2D eigenvalue weighted by atomic mass is 16.3. The molecule has 2 amide bonds. The van der Waals surface area contributed by atoms with Gasteiger partial charge in [-0.2, -0.15) is 5.10 Å². The van der Waals surface area contributed by atoms with Crippen molar-refractivity contribution in [1.82, 2.24) is 20.5 Å². The zero-order valence-corrected chi connectivity index (χ0v) is 13.8. The molecular weight excluding hydrogens is 306 g/mol. The summed E-state index contributed by atoms with van der Waals surface area (Å²) in [6.07, 6.45) is 0. The van der Waals surface area contributed by atoms with Gasteiger partial charge in [-0.3, -0.25) is 5.10 Å². The number of hydrogen-bond acceptors (Lipinski definition) is 4. The maximum absolute atomic E-state index is 12.1. The minimum atomic E-state index is -0.293. The topological polar surface area (TPSA) is 95.8 Å². The molecule has 0 fully saturated rings. The third-order valence-corrected chi connectivity index (χ3v) is 3.53. The molecule has 0 bridgehead atoms. The number of H-pyrrole nitrogens is 1. The summed E-state index contributed by atoms with van der Waals surface area (Å²) < 4.78 is 5.50. The van der Waals surface area contributed by atoms with E-state index in [1.165, 1.54) is 0 Å². The highest BCUT2D eigenvalue weighted by Crippen LogP contribution is 2.19. The van der Waals surface area contributed by atoms with Gasteiger partial charge >= 0.3 is 6.03 Å². The fraction of sp³-hybridized carbons (Fsp3) is 0.235. The average Bonchev–Trinajstić information content (AvgIpc) is 3.16. The van der Waals surface area contributed by atoms with Crippen LogP contribution in [0.25, 0.3) is 11.4 Å². The smallest absolute Gasteiger partial charge is 0.319 e.